The molecular formula is C83H97Br3N10O19S4. The SMILES string of the molecule is C#CC(C)(C)O.C1COCCN1.CC(C)(O)C#Cc1ccc2c(c1)-c1nc(C(N)=O)sc1C(N1CCOCC1)CO2.CO.COC(=O)c1nc2c(s1)C(Br)COc1ccc(Br)cc1-2.COC(=O)c1nc2c(s1)C(N1CCOCC1)COc1ccc(Br)cc1-2.COC(=O)c1nc2c(s1)C(N1CCOCC1)COc1ccc(C#CC(C)(C)O)cc1-2.N. The topological polar surface area (TPSA) is 385 Å². The van der Waals surface area contributed by atoms with E-state index in [1.807, 2.05) is 72.8 Å². The molecule has 16 rings (SSSR count). The summed E-state index contributed by atoms with van der Waals surface area (Å²) in [4.78, 5) is 76.8. The Morgan fingerprint density at radius 2 is 0.773 bits per heavy atom. The number of hydrogen-bond donors (Lipinski definition) is 7. The number of thiazole rings is 4. The van der Waals surface area contributed by atoms with E-state index >= 15 is 0 Å². The molecule has 12 heterocycles. The zero-order chi connectivity index (χ0) is 85.0. The maximum absolute atomic E-state index is 12.2. The lowest BCUT2D eigenvalue weighted by Gasteiger charge is -2.33. The number of primary amides is 1. The monoisotopic (exact) mass is 1900 g/mol. The van der Waals surface area contributed by atoms with Crippen molar-refractivity contribution in [2.45, 2.75) is 81.3 Å². The number of halogens is 3. The Kier molecular flexibility index (Phi) is 35.3. The van der Waals surface area contributed by atoms with Gasteiger partial charge in [0.25, 0.3) is 5.91 Å². The predicted molar refractivity (Wildman–Crippen MR) is 466 cm³/mol. The van der Waals surface area contributed by atoms with E-state index in [1.54, 1.807) is 41.5 Å². The van der Waals surface area contributed by atoms with Crippen LogP contribution in [0.25, 0.3) is 45.0 Å². The number of nitrogens with zero attached hydrogens (tertiary/aromatic N) is 7. The molecule has 8 aliphatic rings. The number of aliphatic hydroxyl groups excluding tert-OH is 1. The highest BCUT2D eigenvalue weighted by molar-refractivity contribution is 9.10. The van der Waals surface area contributed by atoms with Crippen molar-refractivity contribution in [3.8, 4) is 104 Å². The van der Waals surface area contributed by atoms with E-state index in [4.69, 9.17) is 74.5 Å². The Morgan fingerprint density at radius 1 is 0.479 bits per heavy atom. The van der Waals surface area contributed by atoms with Gasteiger partial charge < -0.3 is 89.7 Å². The van der Waals surface area contributed by atoms with Gasteiger partial charge in [0.15, 0.2) is 5.01 Å². The summed E-state index contributed by atoms with van der Waals surface area (Å²) in [6.45, 7) is 24.3. The van der Waals surface area contributed by atoms with Crippen molar-refractivity contribution in [2.75, 3.05) is 160 Å². The molecule has 1 amide bonds. The second-order valence-electron chi connectivity index (χ2n) is 28.4. The Labute approximate surface area is 732 Å². The van der Waals surface area contributed by atoms with E-state index in [2.05, 4.69) is 117 Å². The van der Waals surface area contributed by atoms with Gasteiger partial charge in [0.2, 0.25) is 15.0 Å². The quantitative estimate of drug-likeness (QED) is 0.0337. The summed E-state index contributed by atoms with van der Waals surface area (Å²) in [5.74, 6) is 14.9. The number of aliphatic hydroxyl groups is 4. The average molecular weight is 1910 g/mol. The first kappa shape index (κ1) is 94.9. The van der Waals surface area contributed by atoms with Crippen molar-refractivity contribution in [2.24, 2.45) is 5.73 Å². The first-order valence-corrected chi connectivity index (χ1v) is 43.3. The van der Waals surface area contributed by atoms with Crippen LogP contribution in [-0.4, -0.2) is 256 Å². The molecule has 4 saturated heterocycles. The number of carbonyl (C=O) groups is 4. The minimum absolute atomic E-state index is 0. The van der Waals surface area contributed by atoms with Crippen LogP contribution in [0.5, 0.6) is 23.0 Å². The number of benzene rings is 4. The summed E-state index contributed by atoms with van der Waals surface area (Å²) in [5, 5.41) is 39.9. The molecule has 4 aromatic carbocycles. The first-order valence-electron chi connectivity index (χ1n) is 37.5. The average Bonchev–Trinajstić information content (AvgIpc) is 1.63. The van der Waals surface area contributed by atoms with Crippen molar-refractivity contribution >= 4 is 117 Å². The molecule has 8 aliphatic heterocycles. The van der Waals surface area contributed by atoms with Gasteiger partial charge in [-0.1, -0.05) is 77.4 Å². The van der Waals surface area contributed by atoms with Gasteiger partial charge in [0.05, 0.1) is 139 Å². The molecule has 0 spiro atoms. The number of aromatic nitrogens is 4. The van der Waals surface area contributed by atoms with E-state index in [1.165, 1.54) is 66.7 Å². The molecule has 10 N–H and O–H groups in total. The number of nitrogens with two attached hydrogens (primary N) is 1. The lowest BCUT2D eigenvalue weighted by Crippen LogP contribution is -2.40. The third kappa shape index (κ3) is 25.8. The number of carbonyl (C=O) groups excluding carboxylic acids is 4. The van der Waals surface area contributed by atoms with Gasteiger partial charge in [-0.25, -0.2) is 34.3 Å². The van der Waals surface area contributed by atoms with Crippen molar-refractivity contribution in [3.05, 3.63) is 132 Å². The van der Waals surface area contributed by atoms with Gasteiger partial charge >= 0.3 is 17.9 Å². The number of ether oxygens (including phenoxy) is 11. The second-order valence-corrected chi connectivity index (χ2v) is 35.4. The van der Waals surface area contributed by atoms with E-state index in [-0.39, 0.29) is 34.1 Å². The van der Waals surface area contributed by atoms with Crippen LogP contribution in [0.2, 0.25) is 0 Å². The van der Waals surface area contributed by atoms with Gasteiger partial charge in [-0.2, -0.15) is 0 Å². The summed E-state index contributed by atoms with van der Waals surface area (Å²) in [5.41, 5.74) is 10.2. The largest absolute Gasteiger partial charge is 0.491 e. The molecule has 4 fully saturated rings. The van der Waals surface area contributed by atoms with Gasteiger partial charge in [0.1, 0.15) is 66.2 Å². The third-order valence-electron chi connectivity index (χ3n) is 18.2. The predicted octanol–water partition coefficient (Wildman–Crippen LogP) is 11.4. The fraction of sp³-hybridized carbons (Fsp3) is 0.446. The van der Waals surface area contributed by atoms with Crippen LogP contribution in [0.1, 0.15) is 134 Å². The summed E-state index contributed by atoms with van der Waals surface area (Å²) in [6.07, 6.45) is 4.81. The molecule has 119 heavy (non-hydrogen) atoms. The number of fused-ring (bicyclic) bond motifs is 12. The molecule has 0 bridgehead atoms. The number of alkyl halides is 1. The maximum atomic E-state index is 12.2. The summed E-state index contributed by atoms with van der Waals surface area (Å²) in [7, 11) is 5.09. The molecule has 4 aromatic heterocycles. The van der Waals surface area contributed by atoms with Crippen LogP contribution in [0.15, 0.2) is 81.7 Å². The normalized spacial score (nSPS) is 18.3. The lowest BCUT2D eigenvalue weighted by molar-refractivity contribution is 0.00677. The number of amides is 1. The molecular weight excluding hydrogens is 1810 g/mol. The smallest absolute Gasteiger partial charge is 0.367 e. The number of esters is 3. The highest BCUT2D eigenvalue weighted by atomic mass is 79.9. The number of terminal acetylenes is 1. The lowest BCUT2D eigenvalue weighted by atomic mass is 10.0. The first-order chi connectivity index (χ1) is 56.5. The Hall–Kier alpha value is -7.92. The van der Waals surface area contributed by atoms with Crippen molar-refractivity contribution in [3.63, 3.8) is 0 Å². The van der Waals surface area contributed by atoms with E-state index in [0.717, 1.165) is 163 Å². The Bertz CT molecular complexity index is 4980. The van der Waals surface area contributed by atoms with Gasteiger partial charge in [-0.3, -0.25) is 19.5 Å². The molecule has 0 radical (unpaired) electrons. The summed E-state index contributed by atoms with van der Waals surface area (Å²) >= 11 is 15.9. The van der Waals surface area contributed by atoms with Crippen LogP contribution in [0, 0.1) is 36.0 Å². The van der Waals surface area contributed by atoms with Crippen LogP contribution < -0.4 is 36.1 Å². The summed E-state index contributed by atoms with van der Waals surface area (Å²) in [6, 6.07) is 22.8. The number of nitrogens with one attached hydrogen (secondary N) is 1. The zero-order valence-electron chi connectivity index (χ0n) is 67.6. The standard InChI is InChI=1S/C22H24N2O5S.C21H23N3O4S.C17H17BrN2O4S.C13H9Br2NO3S.C5H8O.C4H9NO.CH4O.H3N/c1-22(2,26)7-6-14-4-5-17-15(12-14)18-19(30-20(23-18)21(25)27-3)16(13-29-17)24-8-10-28-11-9-24;1-21(2,26)6-5-13-3-4-16-14(11-13)17-18(29-20(23-17)19(22)25)15(12-28-16)24-7-9-27-10-8-24;1-22-17(21)16-19-14-11-8-10(18)2-3-13(11)24-9-12(15(14)25-16)20-4-6-23-7-5-20;1-18-13(17)12-16-10-7-4-6(14)2-3-9(7)19-5-8(15)11(10)20-12;1-4-5(2,3)6;1-3-6-4-2-5-1;1-2;/h4-5,12,16,26H,8-11,13H2,1-3H3;3-4,11,15,26H,7-10,12H2,1-2H3,(H2,22,25);2-3,8,12H,4-7,9H2,1H3;2-4,8H,5H2,1H3;1,6H,2-3H3;5H,1-4H2;2H,1H3;1H3. The second kappa shape index (κ2) is 44.2. The molecule has 0 aliphatic carbocycles. The molecule has 36 heteroatoms. The molecule has 29 nitrogen and oxygen atoms in total. The van der Waals surface area contributed by atoms with Gasteiger partial charge in [-0.15, -0.1) is 51.8 Å². The molecule has 8 aromatic rings. The highest BCUT2D eigenvalue weighted by Crippen LogP contribution is 2.49. The molecule has 0 saturated carbocycles. The van der Waals surface area contributed by atoms with Gasteiger partial charge in [0, 0.05) is 102 Å². The summed E-state index contributed by atoms with van der Waals surface area (Å²) < 4.78 is 62.0. The van der Waals surface area contributed by atoms with Crippen LogP contribution in [0.4, 0.5) is 0 Å². The van der Waals surface area contributed by atoms with Crippen molar-refractivity contribution < 1.29 is 91.7 Å². The zero-order valence-corrected chi connectivity index (χ0v) is 75.6. The van der Waals surface area contributed by atoms with Gasteiger partial charge in [-0.05, 0) is 114 Å². The molecule has 4 atom stereocenters. The fourth-order valence-corrected chi connectivity index (χ4v) is 18.1. The molecule has 638 valence electrons. The maximum Gasteiger partial charge on any atom is 0.367 e. The number of morpholine rings is 4. The van der Waals surface area contributed by atoms with Crippen LogP contribution in [0.3, 0.4) is 0 Å². The Balaban J connectivity index is 0.000000172. The van der Waals surface area contributed by atoms with Crippen molar-refractivity contribution in [1.82, 2.24) is 46.1 Å². The third-order valence-corrected chi connectivity index (χ3v) is 24.8. The van der Waals surface area contributed by atoms with E-state index in [0.29, 0.717) is 98.3 Å². The fourth-order valence-electron chi connectivity index (χ4n) is 12.5. The Morgan fingerprint density at radius 3 is 1.08 bits per heavy atom. The minimum atomic E-state index is -1.09. The molecule has 4 unspecified atom stereocenters. The van der Waals surface area contributed by atoms with Crippen molar-refractivity contribution in [1.29, 1.82) is 0 Å². The van der Waals surface area contributed by atoms with Crippen LogP contribution in [-0.2, 0) is 33.2 Å². The van der Waals surface area contributed by atoms with Crippen LogP contribution >= 0.6 is 93.1 Å². The number of methoxy groups -OCH3 is 3. The van der Waals surface area contributed by atoms with E-state index < -0.39 is 40.6 Å². The van der Waals surface area contributed by atoms with E-state index in [9.17, 15) is 29.4 Å². The number of rotatable bonds is 7. The minimum Gasteiger partial charge on any atom is -0.491 e. The highest BCUT2D eigenvalue weighted by Gasteiger charge is 2.38. The number of hydrogen-bond acceptors (Lipinski definition) is 32.